The van der Waals surface area contributed by atoms with E-state index in [-0.39, 0.29) is 24.9 Å². The van der Waals surface area contributed by atoms with Crippen LogP contribution in [0.4, 0.5) is 5.69 Å². The number of amides is 2. The number of hydrogen-bond donors (Lipinski definition) is 3. The molecule has 150 valence electrons. The molecule has 0 saturated heterocycles. The number of para-hydroxylation sites is 1. The fourth-order valence-corrected chi connectivity index (χ4v) is 3.73. The van der Waals surface area contributed by atoms with Gasteiger partial charge in [0.05, 0.1) is 13.1 Å². The Kier molecular flexibility index (Phi) is 7.55. The summed E-state index contributed by atoms with van der Waals surface area (Å²) in [5.74, 6) is -0.149. The van der Waals surface area contributed by atoms with Gasteiger partial charge in [0.25, 0.3) is 11.8 Å². The second kappa shape index (κ2) is 10.5. The van der Waals surface area contributed by atoms with E-state index in [2.05, 4.69) is 10.6 Å². The van der Waals surface area contributed by atoms with E-state index in [1.54, 1.807) is 11.3 Å². The number of hydrogen-bond acceptors (Lipinski definition) is 3. The van der Waals surface area contributed by atoms with Crippen molar-refractivity contribution in [2.24, 2.45) is 0 Å². The van der Waals surface area contributed by atoms with Crippen LogP contribution in [0.15, 0.2) is 72.1 Å². The van der Waals surface area contributed by atoms with Gasteiger partial charge in [0.15, 0.2) is 13.1 Å². The molecule has 5 nitrogen and oxygen atoms in total. The molecule has 1 aromatic heterocycles. The molecule has 0 fully saturated rings. The van der Waals surface area contributed by atoms with Crippen LogP contribution in [0.2, 0.25) is 0 Å². The van der Waals surface area contributed by atoms with E-state index < -0.39 is 0 Å². The normalized spacial score (nSPS) is 11.6. The Labute approximate surface area is 175 Å². The number of likely N-dealkylation sites (N-methyl/N-ethyl adjacent to an activating group) is 1. The third-order valence-electron chi connectivity index (χ3n) is 4.65. The van der Waals surface area contributed by atoms with Crippen LogP contribution in [-0.4, -0.2) is 31.4 Å². The van der Waals surface area contributed by atoms with Crippen molar-refractivity contribution in [3.8, 4) is 11.1 Å². The minimum Gasteiger partial charge on any atom is -0.346 e. The number of nitrogens with one attached hydrogen (secondary N) is 3. The second-order valence-corrected chi connectivity index (χ2v) is 7.81. The van der Waals surface area contributed by atoms with Gasteiger partial charge in [-0.1, -0.05) is 54.6 Å². The van der Waals surface area contributed by atoms with Crippen LogP contribution >= 0.6 is 11.3 Å². The predicted octanol–water partition coefficient (Wildman–Crippen LogP) is 2.57. The Bertz CT molecular complexity index is 926. The molecule has 0 spiro atoms. The fraction of sp³-hybridized carbons (Fsp3) is 0.217. The van der Waals surface area contributed by atoms with Gasteiger partial charge in [0.1, 0.15) is 0 Å². The van der Waals surface area contributed by atoms with Crippen LogP contribution in [0.25, 0.3) is 11.1 Å². The zero-order valence-corrected chi connectivity index (χ0v) is 17.3. The van der Waals surface area contributed by atoms with Crippen LogP contribution in [0.5, 0.6) is 0 Å². The zero-order valence-electron chi connectivity index (χ0n) is 16.5. The Morgan fingerprint density at radius 1 is 0.897 bits per heavy atom. The highest BCUT2D eigenvalue weighted by atomic mass is 32.1. The van der Waals surface area contributed by atoms with E-state index in [1.165, 1.54) is 0 Å². The maximum atomic E-state index is 12.6. The number of carbonyl (C=O) groups is 2. The molecule has 1 heterocycles. The van der Waals surface area contributed by atoms with Crippen molar-refractivity contribution < 1.29 is 14.5 Å². The summed E-state index contributed by atoms with van der Waals surface area (Å²) in [5.41, 5.74) is 2.81. The SMILES string of the molecule is CC[NH+](CC(=O)NCc1cccs1)CC(=O)Nc1ccccc1-c1ccccc1. The number of thiophene rings is 1. The summed E-state index contributed by atoms with van der Waals surface area (Å²) in [6.45, 7) is 3.72. The number of quaternary nitrogens is 1. The minimum absolute atomic E-state index is 0.0484. The molecule has 0 saturated carbocycles. The monoisotopic (exact) mass is 408 g/mol. The van der Waals surface area contributed by atoms with Crippen LogP contribution < -0.4 is 15.5 Å². The minimum atomic E-state index is -0.101. The number of rotatable bonds is 9. The molecule has 2 amide bonds. The molecular formula is C23H26N3O2S+. The lowest BCUT2D eigenvalue weighted by molar-refractivity contribution is -0.881. The molecular weight excluding hydrogens is 382 g/mol. The van der Waals surface area contributed by atoms with Crippen molar-refractivity contribution in [1.82, 2.24) is 5.32 Å². The van der Waals surface area contributed by atoms with Crippen molar-refractivity contribution in [2.75, 3.05) is 25.0 Å². The first-order valence-corrected chi connectivity index (χ1v) is 10.6. The molecule has 29 heavy (non-hydrogen) atoms. The predicted molar refractivity (Wildman–Crippen MR) is 118 cm³/mol. The van der Waals surface area contributed by atoms with Crippen LogP contribution in [0, 0.1) is 0 Å². The highest BCUT2D eigenvalue weighted by Crippen LogP contribution is 2.27. The van der Waals surface area contributed by atoms with Gasteiger partial charge in [0.2, 0.25) is 0 Å². The maximum absolute atomic E-state index is 12.6. The molecule has 1 unspecified atom stereocenters. The number of carbonyl (C=O) groups excluding carboxylic acids is 2. The van der Waals surface area contributed by atoms with Gasteiger partial charge in [-0.05, 0) is 30.0 Å². The summed E-state index contributed by atoms with van der Waals surface area (Å²) in [6, 6.07) is 21.7. The Balaban J connectivity index is 1.56. The first kappa shape index (κ1) is 20.8. The molecule has 0 aliphatic heterocycles. The van der Waals surface area contributed by atoms with Gasteiger partial charge in [-0.15, -0.1) is 11.3 Å². The van der Waals surface area contributed by atoms with Gasteiger partial charge in [-0.3, -0.25) is 9.59 Å². The lowest BCUT2D eigenvalue weighted by Crippen LogP contribution is -3.13. The molecule has 0 aliphatic rings. The van der Waals surface area contributed by atoms with E-state index in [0.717, 1.165) is 26.6 Å². The quantitative estimate of drug-likeness (QED) is 0.510. The highest BCUT2D eigenvalue weighted by Gasteiger charge is 2.17. The molecule has 6 heteroatoms. The molecule has 3 aromatic rings. The lowest BCUT2D eigenvalue weighted by atomic mass is 10.0. The molecule has 0 bridgehead atoms. The summed E-state index contributed by atoms with van der Waals surface area (Å²) in [7, 11) is 0. The molecule has 2 aromatic carbocycles. The summed E-state index contributed by atoms with van der Waals surface area (Å²) < 4.78 is 0. The van der Waals surface area contributed by atoms with Crippen LogP contribution in [0.1, 0.15) is 11.8 Å². The van der Waals surface area contributed by atoms with Crippen LogP contribution in [-0.2, 0) is 16.1 Å². The summed E-state index contributed by atoms with van der Waals surface area (Å²) in [5, 5.41) is 7.92. The Morgan fingerprint density at radius 3 is 2.34 bits per heavy atom. The molecule has 0 aliphatic carbocycles. The standard InChI is InChI=1S/C23H25N3O2S/c1-2-26(16-22(27)24-15-19-11-8-14-29-19)17-23(28)25-21-13-7-6-12-20(21)18-9-4-3-5-10-18/h3-14H,2,15-17H2,1H3,(H,24,27)(H,25,28)/p+1. The average molecular weight is 409 g/mol. The zero-order chi connectivity index (χ0) is 20.5. The average Bonchev–Trinajstić information content (AvgIpc) is 3.26. The Morgan fingerprint density at radius 2 is 1.62 bits per heavy atom. The van der Waals surface area contributed by atoms with Gasteiger partial charge in [-0.2, -0.15) is 0 Å². The van der Waals surface area contributed by atoms with E-state index in [4.69, 9.17) is 0 Å². The number of anilines is 1. The van der Waals surface area contributed by atoms with Crippen molar-refractivity contribution in [1.29, 1.82) is 0 Å². The van der Waals surface area contributed by atoms with Gasteiger partial charge < -0.3 is 15.5 Å². The van der Waals surface area contributed by atoms with Gasteiger partial charge in [0, 0.05) is 16.1 Å². The summed E-state index contributed by atoms with van der Waals surface area (Å²) >= 11 is 1.62. The van der Waals surface area contributed by atoms with Crippen molar-refractivity contribution in [3.05, 3.63) is 77.0 Å². The van der Waals surface area contributed by atoms with Gasteiger partial charge in [-0.25, -0.2) is 0 Å². The third-order valence-corrected chi connectivity index (χ3v) is 5.52. The van der Waals surface area contributed by atoms with E-state index >= 15 is 0 Å². The van der Waals surface area contributed by atoms with E-state index in [1.807, 2.05) is 79.0 Å². The first-order valence-electron chi connectivity index (χ1n) is 9.72. The second-order valence-electron chi connectivity index (χ2n) is 6.77. The van der Waals surface area contributed by atoms with Crippen molar-refractivity contribution >= 4 is 28.8 Å². The largest absolute Gasteiger partial charge is 0.346 e. The van der Waals surface area contributed by atoms with Crippen LogP contribution in [0.3, 0.4) is 0 Å². The highest BCUT2D eigenvalue weighted by molar-refractivity contribution is 7.09. The van der Waals surface area contributed by atoms with Crippen molar-refractivity contribution in [2.45, 2.75) is 13.5 Å². The van der Waals surface area contributed by atoms with Gasteiger partial charge >= 0.3 is 0 Å². The third kappa shape index (κ3) is 6.27. The molecule has 1 atom stereocenters. The summed E-state index contributed by atoms with van der Waals surface area (Å²) in [6.07, 6.45) is 0. The number of benzene rings is 2. The fourth-order valence-electron chi connectivity index (χ4n) is 3.08. The topological polar surface area (TPSA) is 62.6 Å². The lowest BCUT2D eigenvalue weighted by Gasteiger charge is -2.17. The maximum Gasteiger partial charge on any atom is 0.279 e. The first-order chi connectivity index (χ1) is 14.2. The molecule has 0 radical (unpaired) electrons. The Hall–Kier alpha value is -2.96. The van der Waals surface area contributed by atoms with E-state index in [0.29, 0.717) is 13.1 Å². The smallest absolute Gasteiger partial charge is 0.279 e. The summed E-state index contributed by atoms with van der Waals surface area (Å²) in [4.78, 5) is 26.9. The van der Waals surface area contributed by atoms with E-state index in [9.17, 15) is 9.59 Å². The molecule has 3 rings (SSSR count). The van der Waals surface area contributed by atoms with Crippen molar-refractivity contribution in [3.63, 3.8) is 0 Å². The molecule has 3 N–H and O–H groups in total.